The van der Waals surface area contributed by atoms with Gasteiger partial charge in [0.1, 0.15) is 0 Å². The van der Waals surface area contributed by atoms with Gasteiger partial charge in [-0.1, -0.05) is 24.3 Å². The summed E-state index contributed by atoms with van der Waals surface area (Å²) in [5.41, 5.74) is 4.04. The molecule has 2 fully saturated rings. The number of nitrogens with zero attached hydrogens (tertiary/aromatic N) is 3. The summed E-state index contributed by atoms with van der Waals surface area (Å²) in [6, 6.07) is 5.65. The molecule has 3 heterocycles. The minimum atomic E-state index is -4.30. The molecule has 1 unspecified atom stereocenters. The number of rotatable bonds is 6. The number of unbranched alkanes of at least 4 members (excludes halogenated alkanes) is 1. The van der Waals surface area contributed by atoms with E-state index in [4.69, 9.17) is 0 Å². The fourth-order valence-electron chi connectivity index (χ4n) is 5.67. The number of hydrogen-bond acceptors (Lipinski definition) is 3. The van der Waals surface area contributed by atoms with Crippen LogP contribution in [0.4, 0.5) is 18.9 Å². The molecule has 0 N–H and O–H groups in total. The number of amides is 1. The van der Waals surface area contributed by atoms with E-state index >= 15 is 0 Å². The summed E-state index contributed by atoms with van der Waals surface area (Å²) in [5.74, 6) is 0.667. The summed E-state index contributed by atoms with van der Waals surface area (Å²) in [6.45, 7) is 5.13. The van der Waals surface area contributed by atoms with Gasteiger partial charge in [0.25, 0.3) is 0 Å². The molecule has 182 valence electrons. The van der Waals surface area contributed by atoms with E-state index in [1.54, 1.807) is 6.07 Å². The van der Waals surface area contributed by atoms with Gasteiger partial charge < -0.3 is 9.80 Å². The van der Waals surface area contributed by atoms with Crippen LogP contribution < -0.4 is 4.90 Å². The zero-order chi connectivity index (χ0) is 23.7. The fourth-order valence-corrected chi connectivity index (χ4v) is 5.67. The molecule has 1 aliphatic carbocycles. The second kappa shape index (κ2) is 9.61. The first kappa shape index (κ1) is 23.2. The molecule has 0 aromatic heterocycles. The van der Waals surface area contributed by atoms with Gasteiger partial charge in [-0.25, -0.2) is 0 Å². The number of alkyl halides is 3. The van der Waals surface area contributed by atoms with Crippen molar-refractivity contribution in [1.29, 1.82) is 0 Å². The maximum atomic E-state index is 13.0. The second-order valence-corrected chi connectivity index (χ2v) is 9.76. The minimum absolute atomic E-state index is 0.277. The molecular weight excluding hydrogens is 439 g/mol. The average molecular weight is 472 g/mol. The van der Waals surface area contributed by atoms with Crippen molar-refractivity contribution in [1.82, 2.24) is 9.80 Å². The van der Waals surface area contributed by atoms with Crippen molar-refractivity contribution in [2.24, 2.45) is 5.92 Å². The van der Waals surface area contributed by atoms with Gasteiger partial charge in [0.15, 0.2) is 0 Å². The highest BCUT2D eigenvalue weighted by Gasteiger charge is 2.36. The van der Waals surface area contributed by atoms with E-state index in [1.165, 1.54) is 29.0 Å². The van der Waals surface area contributed by atoms with Gasteiger partial charge in [0.2, 0.25) is 5.91 Å². The number of hydrogen-bond donors (Lipinski definition) is 0. The van der Waals surface area contributed by atoms with E-state index in [0.29, 0.717) is 18.0 Å². The van der Waals surface area contributed by atoms with Crippen LogP contribution in [0.25, 0.3) is 0 Å². The third-order valence-corrected chi connectivity index (χ3v) is 7.55. The lowest BCUT2D eigenvalue weighted by Gasteiger charge is -2.36. The van der Waals surface area contributed by atoms with Crippen LogP contribution in [0.2, 0.25) is 0 Å². The topological polar surface area (TPSA) is 26.8 Å². The Hall–Kier alpha value is -2.54. The van der Waals surface area contributed by atoms with Crippen LogP contribution in [0.5, 0.6) is 0 Å². The van der Waals surface area contributed by atoms with E-state index in [2.05, 4.69) is 28.0 Å². The monoisotopic (exact) mass is 471 g/mol. The van der Waals surface area contributed by atoms with Crippen molar-refractivity contribution in [2.75, 3.05) is 44.2 Å². The molecule has 4 aliphatic rings. The summed E-state index contributed by atoms with van der Waals surface area (Å²) in [5, 5.41) is 0. The Morgan fingerprint density at radius 2 is 1.82 bits per heavy atom. The molecule has 1 aromatic carbocycles. The molecule has 0 bridgehead atoms. The Kier molecular flexibility index (Phi) is 6.56. The lowest BCUT2D eigenvalue weighted by Crippen LogP contribution is -2.46. The van der Waals surface area contributed by atoms with E-state index in [9.17, 15) is 18.0 Å². The number of carbonyl (C=O) groups excluding carboxylic acids is 1. The molecule has 3 aliphatic heterocycles. The third-order valence-electron chi connectivity index (χ3n) is 7.55. The highest BCUT2D eigenvalue weighted by Crippen LogP contribution is 2.40. The predicted octanol–water partition coefficient (Wildman–Crippen LogP) is 5.39. The van der Waals surface area contributed by atoms with Gasteiger partial charge >= 0.3 is 6.18 Å². The molecule has 0 radical (unpaired) electrons. The van der Waals surface area contributed by atoms with E-state index in [0.717, 1.165) is 77.4 Å². The van der Waals surface area contributed by atoms with Crippen molar-refractivity contribution < 1.29 is 18.0 Å². The molecule has 1 aromatic rings. The smallest absolute Gasteiger partial charge is 0.369 e. The van der Waals surface area contributed by atoms with Crippen molar-refractivity contribution in [3.63, 3.8) is 0 Å². The number of benzene rings is 1. The lowest BCUT2D eigenvalue weighted by molar-refractivity contribution is -0.137. The van der Waals surface area contributed by atoms with Crippen molar-refractivity contribution in [2.45, 2.75) is 44.7 Å². The first-order valence-corrected chi connectivity index (χ1v) is 12.5. The SMILES string of the molecule is O=C1CCC2=C3C(C=CC(CCCCN4CCN(c5cccc(C(F)(F)F)c5)CC4)=C2)CCN13. The fraction of sp³-hybridized carbons (Fsp3) is 0.519. The summed E-state index contributed by atoms with van der Waals surface area (Å²) >= 11 is 0. The number of piperazine rings is 1. The van der Waals surface area contributed by atoms with Gasteiger partial charge in [-0.05, 0) is 68.0 Å². The molecule has 4 nitrogen and oxygen atoms in total. The second-order valence-electron chi connectivity index (χ2n) is 9.76. The van der Waals surface area contributed by atoms with Crippen LogP contribution >= 0.6 is 0 Å². The molecule has 0 spiro atoms. The largest absolute Gasteiger partial charge is 0.416 e. The molecule has 0 saturated carbocycles. The summed E-state index contributed by atoms with van der Waals surface area (Å²) in [4.78, 5) is 18.7. The molecule has 5 rings (SSSR count). The van der Waals surface area contributed by atoms with Crippen LogP contribution in [-0.2, 0) is 11.0 Å². The Balaban J connectivity index is 1.08. The van der Waals surface area contributed by atoms with Gasteiger partial charge in [-0.15, -0.1) is 0 Å². The van der Waals surface area contributed by atoms with Crippen LogP contribution in [0.1, 0.15) is 44.1 Å². The zero-order valence-electron chi connectivity index (χ0n) is 19.5. The number of carbonyl (C=O) groups is 1. The Morgan fingerprint density at radius 1 is 1.00 bits per heavy atom. The molecule has 7 heteroatoms. The van der Waals surface area contributed by atoms with E-state index < -0.39 is 11.7 Å². The summed E-state index contributed by atoms with van der Waals surface area (Å²) < 4.78 is 39.0. The standard InChI is InChI=1S/C27H32F3N3O/c28-27(29,30)23-5-3-6-24(19-23)32-16-14-31(15-17-32)12-2-1-4-20-7-8-21-11-13-33-25(34)10-9-22(18-20)26(21)33/h3,5-8,18-19,21H,1-2,4,9-17H2. The Bertz CT molecular complexity index is 1020. The Morgan fingerprint density at radius 3 is 2.62 bits per heavy atom. The van der Waals surface area contributed by atoms with E-state index in [1.807, 2.05) is 4.90 Å². The lowest BCUT2D eigenvalue weighted by atomic mass is 9.96. The normalized spacial score (nSPS) is 23.3. The molecule has 1 amide bonds. The molecule has 2 saturated heterocycles. The minimum Gasteiger partial charge on any atom is -0.369 e. The van der Waals surface area contributed by atoms with E-state index in [-0.39, 0.29) is 5.91 Å². The van der Waals surface area contributed by atoms with Crippen LogP contribution in [0, 0.1) is 5.92 Å². The predicted molar refractivity (Wildman–Crippen MR) is 127 cm³/mol. The summed E-state index contributed by atoms with van der Waals surface area (Å²) in [6.07, 6.45) is 8.37. The van der Waals surface area contributed by atoms with Crippen LogP contribution in [-0.4, -0.2) is 55.0 Å². The average Bonchev–Trinajstić information content (AvgIpc) is 3.18. The van der Waals surface area contributed by atoms with Crippen molar-refractivity contribution >= 4 is 11.6 Å². The Labute approximate surface area is 199 Å². The zero-order valence-corrected chi connectivity index (χ0v) is 19.5. The van der Waals surface area contributed by atoms with Gasteiger partial charge in [0.05, 0.1) is 5.56 Å². The first-order valence-electron chi connectivity index (χ1n) is 12.5. The highest BCUT2D eigenvalue weighted by atomic mass is 19.4. The third kappa shape index (κ3) is 4.95. The molecular formula is C27H32F3N3O. The number of allylic oxidation sites excluding steroid dienone is 5. The van der Waals surface area contributed by atoms with Crippen molar-refractivity contribution in [3.05, 3.63) is 64.9 Å². The van der Waals surface area contributed by atoms with Crippen LogP contribution in [0.3, 0.4) is 0 Å². The van der Waals surface area contributed by atoms with Crippen LogP contribution in [0.15, 0.2) is 59.3 Å². The number of anilines is 1. The number of halogens is 3. The maximum Gasteiger partial charge on any atom is 0.416 e. The first-order chi connectivity index (χ1) is 16.4. The maximum absolute atomic E-state index is 13.0. The summed E-state index contributed by atoms with van der Waals surface area (Å²) in [7, 11) is 0. The quantitative estimate of drug-likeness (QED) is 0.521. The van der Waals surface area contributed by atoms with Gasteiger partial charge in [-0.2, -0.15) is 13.2 Å². The van der Waals surface area contributed by atoms with Gasteiger partial charge in [-0.3, -0.25) is 9.69 Å². The highest BCUT2D eigenvalue weighted by molar-refractivity contribution is 5.81. The van der Waals surface area contributed by atoms with Gasteiger partial charge in [0, 0.05) is 56.4 Å². The van der Waals surface area contributed by atoms with Crippen molar-refractivity contribution in [3.8, 4) is 0 Å². The molecule has 1 atom stereocenters. The molecule has 34 heavy (non-hydrogen) atoms.